The van der Waals surface area contributed by atoms with Gasteiger partial charge in [0.15, 0.2) is 0 Å². The van der Waals surface area contributed by atoms with Crippen LogP contribution in [0.5, 0.6) is 0 Å². The van der Waals surface area contributed by atoms with E-state index in [1.165, 1.54) is 7.11 Å². The molecule has 0 atom stereocenters. The third-order valence-electron chi connectivity index (χ3n) is 4.67. The maximum atomic E-state index is 10.9. The molecule has 0 radical (unpaired) electrons. The third-order valence-corrected chi connectivity index (χ3v) is 4.67. The molecule has 0 aliphatic rings. The molecule has 0 heterocycles. The summed E-state index contributed by atoms with van der Waals surface area (Å²) < 4.78 is 58.6. The van der Waals surface area contributed by atoms with Gasteiger partial charge in [0.25, 0.3) is 0 Å². The lowest BCUT2D eigenvalue weighted by molar-refractivity contribution is -0.141. The van der Waals surface area contributed by atoms with Gasteiger partial charge in [-0.1, -0.05) is 13.3 Å². The summed E-state index contributed by atoms with van der Waals surface area (Å²) in [7, 11) is 1.35. The van der Waals surface area contributed by atoms with Gasteiger partial charge in [-0.2, -0.15) is 0 Å². The molecule has 0 aliphatic carbocycles. The maximum Gasteiger partial charge on any atom is 0.307 e. The second-order valence-electron chi connectivity index (χ2n) is 7.80. The number of hydrogen-bond donors (Lipinski definition) is 0. The maximum absolute atomic E-state index is 10.9. The van der Waals surface area contributed by atoms with E-state index >= 15 is 0 Å². The first-order valence-corrected chi connectivity index (χ1v) is 13.7. The molecule has 0 saturated carbocycles. The molecule has 228 valence electrons. The normalized spacial score (nSPS) is 11.3. The van der Waals surface area contributed by atoms with Gasteiger partial charge >= 0.3 is 5.97 Å². The molecule has 0 aromatic carbocycles. The van der Waals surface area contributed by atoms with Crippen LogP contribution in [0.3, 0.4) is 0 Å². The number of rotatable bonds is 33. The van der Waals surface area contributed by atoms with Crippen LogP contribution in [-0.4, -0.2) is 145 Å². The summed E-state index contributed by atoms with van der Waals surface area (Å²) in [5, 5.41) is 0. The Kier molecular flexibility index (Phi) is 33.3. The topological polar surface area (TPSA) is 119 Å². The first kappa shape index (κ1) is 37.1. The van der Waals surface area contributed by atoms with Crippen molar-refractivity contribution >= 4 is 5.97 Å². The molecule has 0 bridgehead atoms. The lowest BCUT2D eigenvalue weighted by atomic mass is 10.4. The average molecular weight is 557 g/mol. The molecule has 0 spiro atoms. The third kappa shape index (κ3) is 33.1. The van der Waals surface area contributed by atoms with E-state index in [0.717, 1.165) is 19.4 Å². The van der Waals surface area contributed by atoms with Crippen molar-refractivity contribution in [3.63, 3.8) is 0 Å². The number of hydrogen-bond acceptors (Lipinski definition) is 12. The summed E-state index contributed by atoms with van der Waals surface area (Å²) >= 11 is 0. The highest BCUT2D eigenvalue weighted by atomic mass is 16.6. The molecule has 0 aliphatic heterocycles. The van der Waals surface area contributed by atoms with Gasteiger partial charge in [-0.05, 0) is 6.42 Å². The molecular weight excluding hydrogens is 504 g/mol. The SMILES string of the molecule is CCCCOCCOCCOCCOCCOCCOCCOCCOCCOCCOCCC(=O)OC. The number of ether oxygens (including phenoxy) is 11. The van der Waals surface area contributed by atoms with E-state index in [1.807, 2.05) is 0 Å². The van der Waals surface area contributed by atoms with Crippen LogP contribution < -0.4 is 0 Å². The average Bonchev–Trinajstić information content (AvgIpc) is 2.93. The fraction of sp³-hybridized carbons (Fsp3) is 0.962. The van der Waals surface area contributed by atoms with E-state index in [1.54, 1.807) is 0 Å². The molecule has 0 aromatic rings. The Balaban J connectivity index is 3.03. The van der Waals surface area contributed by atoms with Crippen LogP contribution in [0.1, 0.15) is 26.2 Å². The molecule has 12 heteroatoms. The number of methoxy groups -OCH3 is 1. The molecule has 12 nitrogen and oxygen atoms in total. The molecule has 0 rings (SSSR count). The van der Waals surface area contributed by atoms with Crippen molar-refractivity contribution in [3.05, 3.63) is 0 Å². The molecule has 0 fully saturated rings. The van der Waals surface area contributed by atoms with Crippen LogP contribution in [0, 0.1) is 0 Å². The van der Waals surface area contributed by atoms with Crippen molar-refractivity contribution in [2.45, 2.75) is 26.2 Å². The van der Waals surface area contributed by atoms with Crippen molar-refractivity contribution in [1.82, 2.24) is 0 Å². The van der Waals surface area contributed by atoms with Crippen molar-refractivity contribution < 1.29 is 56.9 Å². The Bertz CT molecular complexity index is 456. The van der Waals surface area contributed by atoms with Crippen LogP contribution in [0.2, 0.25) is 0 Å². The molecule has 0 amide bonds. The van der Waals surface area contributed by atoms with Crippen LogP contribution in [0.25, 0.3) is 0 Å². The smallest absolute Gasteiger partial charge is 0.307 e. The summed E-state index contributed by atoms with van der Waals surface area (Å²) in [6.07, 6.45) is 2.49. The van der Waals surface area contributed by atoms with Gasteiger partial charge in [0.2, 0.25) is 0 Å². The highest BCUT2D eigenvalue weighted by Crippen LogP contribution is 1.89. The van der Waals surface area contributed by atoms with E-state index < -0.39 is 0 Å². The van der Waals surface area contributed by atoms with Gasteiger partial charge in [-0.3, -0.25) is 4.79 Å². The first-order chi connectivity index (χ1) is 18.8. The molecule has 0 unspecified atom stereocenters. The van der Waals surface area contributed by atoms with E-state index in [0.29, 0.717) is 126 Å². The largest absolute Gasteiger partial charge is 0.469 e. The van der Waals surface area contributed by atoms with Gasteiger partial charge in [-0.15, -0.1) is 0 Å². The van der Waals surface area contributed by atoms with Crippen molar-refractivity contribution in [2.24, 2.45) is 0 Å². The van der Waals surface area contributed by atoms with E-state index in [9.17, 15) is 4.79 Å². The standard InChI is InChI=1S/C26H52O12/c1-3-4-6-29-8-10-31-12-14-33-16-18-35-20-22-37-24-25-38-23-21-36-19-17-34-15-13-32-11-9-30-7-5-26(27)28-2/h3-25H2,1-2H3. The summed E-state index contributed by atoms with van der Waals surface area (Å²) in [4.78, 5) is 10.9. The molecule has 38 heavy (non-hydrogen) atoms. The Morgan fingerprint density at radius 1 is 0.395 bits per heavy atom. The lowest BCUT2D eigenvalue weighted by Gasteiger charge is -2.09. The van der Waals surface area contributed by atoms with Gasteiger partial charge in [-0.25, -0.2) is 0 Å². The second kappa shape index (κ2) is 34.1. The zero-order valence-electron chi connectivity index (χ0n) is 23.7. The van der Waals surface area contributed by atoms with Gasteiger partial charge in [0.05, 0.1) is 139 Å². The molecule has 0 N–H and O–H groups in total. The number of carbonyl (C=O) groups is 1. The number of carbonyl (C=O) groups excluding carboxylic acids is 1. The van der Waals surface area contributed by atoms with Gasteiger partial charge < -0.3 is 52.1 Å². The Labute approximate surface area is 228 Å². The van der Waals surface area contributed by atoms with Crippen LogP contribution in [-0.2, 0) is 56.9 Å². The molecule has 0 aromatic heterocycles. The number of unbranched alkanes of at least 4 members (excludes halogenated alkanes) is 1. The minimum Gasteiger partial charge on any atom is -0.469 e. The van der Waals surface area contributed by atoms with Gasteiger partial charge in [0, 0.05) is 6.61 Å². The zero-order chi connectivity index (χ0) is 27.6. The fourth-order valence-electron chi connectivity index (χ4n) is 2.59. The summed E-state index contributed by atoms with van der Waals surface area (Å²) in [6, 6.07) is 0. The second-order valence-corrected chi connectivity index (χ2v) is 7.80. The highest BCUT2D eigenvalue weighted by Gasteiger charge is 1.99. The predicted molar refractivity (Wildman–Crippen MR) is 140 cm³/mol. The van der Waals surface area contributed by atoms with E-state index in [4.69, 9.17) is 47.4 Å². The van der Waals surface area contributed by atoms with E-state index in [2.05, 4.69) is 11.7 Å². The summed E-state index contributed by atoms with van der Waals surface area (Å²) in [5.41, 5.74) is 0. The first-order valence-electron chi connectivity index (χ1n) is 13.7. The minimum absolute atomic E-state index is 0.249. The Hall–Kier alpha value is -0.930. The van der Waals surface area contributed by atoms with E-state index in [-0.39, 0.29) is 12.4 Å². The van der Waals surface area contributed by atoms with Crippen LogP contribution in [0.15, 0.2) is 0 Å². The summed E-state index contributed by atoms with van der Waals surface area (Å²) in [5.74, 6) is -0.283. The van der Waals surface area contributed by atoms with Crippen LogP contribution >= 0.6 is 0 Å². The van der Waals surface area contributed by atoms with Gasteiger partial charge in [0.1, 0.15) is 0 Å². The van der Waals surface area contributed by atoms with Crippen LogP contribution in [0.4, 0.5) is 0 Å². The lowest BCUT2D eigenvalue weighted by Crippen LogP contribution is -2.15. The summed E-state index contributed by atoms with van der Waals surface area (Å²) in [6.45, 7) is 12.6. The van der Waals surface area contributed by atoms with Crippen molar-refractivity contribution in [3.8, 4) is 0 Å². The zero-order valence-corrected chi connectivity index (χ0v) is 23.7. The Morgan fingerprint density at radius 2 is 0.632 bits per heavy atom. The minimum atomic E-state index is -0.283. The monoisotopic (exact) mass is 556 g/mol. The highest BCUT2D eigenvalue weighted by molar-refractivity contribution is 5.69. The Morgan fingerprint density at radius 3 is 0.868 bits per heavy atom. The predicted octanol–water partition coefficient (Wildman–Crippen LogP) is 1.52. The fourth-order valence-corrected chi connectivity index (χ4v) is 2.59. The van der Waals surface area contributed by atoms with Crippen molar-refractivity contribution in [2.75, 3.05) is 139 Å². The molecular formula is C26H52O12. The number of esters is 1. The van der Waals surface area contributed by atoms with Crippen molar-refractivity contribution in [1.29, 1.82) is 0 Å². The molecule has 0 saturated heterocycles. The quantitative estimate of drug-likeness (QED) is 0.0861.